The Morgan fingerprint density at radius 2 is 2.00 bits per heavy atom. The Morgan fingerprint density at radius 3 is 2.67 bits per heavy atom. The van der Waals surface area contributed by atoms with Crippen molar-refractivity contribution in [2.24, 2.45) is 0 Å². The molecule has 0 unspecified atom stereocenters. The molecule has 1 amide bonds. The minimum atomic E-state index is -3.43. The molecule has 0 aromatic heterocycles. The smallest absolute Gasteiger partial charge is 0.363 e. The molecule has 8 heteroatoms. The number of primary amides is 1. The first-order chi connectivity index (χ1) is 9.96. The van der Waals surface area contributed by atoms with E-state index in [0.717, 1.165) is 38.1 Å². The van der Waals surface area contributed by atoms with E-state index in [1.54, 1.807) is 6.07 Å². The van der Waals surface area contributed by atoms with Crippen LogP contribution in [0.2, 0.25) is 0 Å². The highest BCUT2D eigenvalue weighted by Gasteiger charge is 2.18. The molecule has 1 aliphatic rings. The third kappa shape index (κ3) is 5.00. The number of quaternary nitrogens is 1. The molecule has 0 bridgehead atoms. The molecule has 1 saturated heterocycles. The van der Waals surface area contributed by atoms with E-state index in [1.807, 2.05) is 18.2 Å². The summed E-state index contributed by atoms with van der Waals surface area (Å²) in [5.74, 6) is 0.0299. The van der Waals surface area contributed by atoms with Gasteiger partial charge in [0.25, 0.3) is 10.0 Å². The summed E-state index contributed by atoms with van der Waals surface area (Å²) < 4.78 is 28.2. The summed E-state index contributed by atoms with van der Waals surface area (Å²) in [5, 5.41) is 3.27. The van der Waals surface area contributed by atoms with E-state index in [4.69, 9.17) is 4.74 Å². The lowest BCUT2D eigenvalue weighted by Gasteiger charge is -2.30. The molecule has 1 aliphatic heterocycles. The number of amides is 1. The Labute approximate surface area is 124 Å². The van der Waals surface area contributed by atoms with Gasteiger partial charge in [-0.15, -0.1) is 0 Å². The van der Waals surface area contributed by atoms with Crippen molar-refractivity contribution in [1.29, 1.82) is 0 Å². The average Bonchev–Trinajstić information content (AvgIpc) is 2.45. The van der Waals surface area contributed by atoms with E-state index in [1.165, 1.54) is 0 Å². The summed E-state index contributed by atoms with van der Waals surface area (Å²) in [7, 11) is -3.43. The molecule has 1 aromatic carbocycles. The largest absolute Gasteiger partial charge is 0.477 e. The Kier molecular flexibility index (Phi) is 5.16. The summed E-state index contributed by atoms with van der Waals surface area (Å²) in [6, 6.07) is 7.46. The van der Waals surface area contributed by atoms with Gasteiger partial charge >= 0.3 is 5.91 Å². The number of hydrogen-bond acceptors (Lipinski definition) is 6. The fourth-order valence-electron chi connectivity index (χ4n) is 2.17. The van der Waals surface area contributed by atoms with Gasteiger partial charge in [0.1, 0.15) is 5.75 Å². The molecule has 1 aromatic rings. The van der Waals surface area contributed by atoms with Crippen molar-refractivity contribution in [3.05, 3.63) is 24.3 Å². The van der Waals surface area contributed by atoms with Crippen LogP contribution in [0, 0.1) is 0 Å². The minimum Gasteiger partial charge on any atom is -0.477 e. The maximum atomic E-state index is 11.5. The molecule has 1 heterocycles. The number of piperazine rings is 1. The van der Waals surface area contributed by atoms with Crippen LogP contribution in [0.15, 0.2) is 24.3 Å². The van der Waals surface area contributed by atoms with Crippen molar-refractivity contribution < 1.29 is 22.7 Å². The van der Waals surface area contributed by atoms with Gasteiger partial charge in [-0.3, -0.25) is 0 Å². The Bertz CT molecular complexity index is 597. The molecule has 0 aliphatic carbocycles. The van der Waals surface area contributed by atoms with Crippen LogP contribution < -0.4 is 19.7 Å². The molecule has 0 radical (unpaired) electrons. The molecular formula is C13H20N3O4S+. The highest BCUT2D eigenvalue weighted by molar-refractivity contribution is 7.84. The van der Waals surface area contributed by atoms with Crippen LogP contribution in [0.4, 0.5) is 5.69 Å². The third-order valence-corrected chi connectivity index (χ3v) is 3.73. The quantitative estimate of drug-likeness (QED) is 0.689. The number of nitrogens with two attached hydrogens (primary N) is 1. The number of para-hydroxylation sites is 2. The topological polar surface area (TPSA) is 92.3 Å². The fraction of sp³-hybridized carbons (Fsp3) is 0.462. The SMILES string of the molecule is CS(=O)(=O)[NH2+]C(=O)COc1ccccc1N1CCNCC1. The van der Waals surface area contributed by atoms with Gasteiger partial charge in [0.05, 0.1) is 11.9 Å². The number of benzene rings is 1. The standard InChI is InChI=1S/C13H19N3O4S/c1-21(18,19)15-13(17)10-20-12-5-3-2-4-11(12)16-8-6-14-7-9-16/h2-5,14H,6-10H2,1H3,(H,15,17)/p+1. The van der Waals surface area contributed by atoms with Crippen molar-refractivity contribution >= 4 is 21.6 Å². The Morgan fingerprint density at radius 1 is 1.33 bits per heavy atom. The molecule has 21 heavy (non-hydrogen) atoms. The van der Waals surface area contributed by atoms with Gasteiger partial charge in [0, 0.05) is 26.2 Å². The number of rotatable bonds is 5. The highest BCUT2D eigenvalue weighted by atomic mass is 32.2. The van der Waals surface area contributed by atoms with E-state index in [9.17, 15) is 13.2 Å². The minimum absolute atomic E-state index is 0.282. The zero-order valence-corrected chi connectivity index (χ0v) is 12.7. The van der Waals surface area contributed by atoms with E-state index < -0.39 is 15.9 Å². The maximum absolute atomic E-state index is 11.5. The van der Waals surface area contributed by atoms with Crippen molar-refractivity contribution in [3.63, 3.8) is 0 Å². The lowest BCUT2D eigenvalue weighted by molar-refractivity contribution is -0.413. The molecule has 0 saturated carbocycles. The Hall–Kier alpha value is -1.64. The van der Waals surface area contributed by atoms with E-state index in [-0.39, 0.29) is 6.61 Å². The highest BCUT2D eigenvalue weighted by Crippen LogP contribution is 2.27. The number of primary sulfonamides is 1. The Balaban J connectivity index is 2.01. The van der Waals surface area contributed by atoms with Gasteiger partial charge in [0.2, 0.25) is 6.61 Å². The van der Waals surface area contributed by atoms with E-state index in [2.05, 4.69) is 10.2 Å². The molecular weight excluding hydrogens is 294 g/mol. The van der Waals surface area contributed by atoms with Crippen LogP contribution in [-0.4, -0.2) is 53.4 Å². The number of nitrogens with zero attached hydrogens (tertiary/aromatic N) is 1. The number of anilines is 1. The normalized spacial score (nSPS) is 15.8. The van der Waals surface area contributed by atoms with Crippen LogP contribution >= 0.6 is 0 Å². The number of sulfonamides is 1. The van der Waals surface area contributed by atoms with Crippen LogP contribution in [0.1, 0.15) is 0 Å². The number of hydrogen-bond donors (Lipinski definition) is 2. The summed E-state index contributed by atoms with van der Waals surface area (Å²) >= 11 is 0. The molecule has 0 atom stereocenters. The summed E-state index contributed by atoms with van der Waals surface area (Å²) in [4.78, 5) is 13.7. The molecule has 116 valence electrons. The van der Waals surface area contributed by atoms with Crippen molar-refractivity contribution in [1.82, 2.24) is 5.32 Å². The summed E-state index contributed by atoms with van der Waals surface area (Å²) in [5.41, 5.74) is 0.922. The average molecular weight is 314 g/mol. The first-order valence-corrected chi connectivity index (χ1v) is 8.66. The van der Waals surface area contributed by atoms with Crippen LogP contribution in [-0.2, 0) is 14.8 Å². The summed E-state index contributed by atoms with van der Waals surface area (Å²) in [6.07, 6.45) is 0.986. The van der Waals surface area contributed by atoms with Gasteiger partial charge in [-0.25, -0.2) is 4.79 Å². The zero-order chi connectivity index (χ0) is 15.3. The molecule has 7 nitrogen and oxygen atoms in total. The predicted molar refractivity (Wildman–Crippen MR) is 78.8 cm³/mol. The van der Waals surface area contributed by atoms with Gasteiger partial charge < -0.3 is 15.0 Å². The molecule has 0 spiro atoms. The van der Waals surface area contributed by atoms with Crippen molar-refractivity contribution in [2.75, 3.05) is 43.9 Å². The van der Waals surface area contributed by atoms with Gasteiger partial charge in [-0.1, -0.05) is 12.1 Å². The second-order valence-electron chi connectivity index (χ2n) is 4.91. The van der Waals surface area contributed by atoms with Gasteiger partial charge in [-0.05, 0) is 12.1 Å². The third-order valence-electron chi connectivity index (χ3n) is 3.04. The van der Waals surface area contributed by atoms with Crippen LogP contribution in [0.5, 0.6) is 5.75 Å². The predicted octanol–water partition coefficient (Wildman–Crippen LogP) is -1.48. The monoisotopic (exact) mass is 314 g/mol. The van der Waals surface area contributed by atoms with Crippen LogP contribution in [0.3, 0.4) is 0 Å². The van der Waals surface area contributed by atoms with Gasteiger partial charge in [0.15, 0.2) is 0 Å². The zero-order valence-electron chi connectivity index (χ0n) is 11.9. The molecule has 1 fully saturated rings. The first kappa shape index (κ1) is 15.7. The lowest BCUT2D eigenvalue weighted by atomic mass is 10.2. The lowest BCUT2D eigenvalue weighted by Crippen LogP contribution is -2.91. The maximum Gasteiger partial charge on any atom is 0.363 e. The van der Waals surface area contributed by atoms with Gasteiger partial charge in [-0.2, -0.15) is 13.1 Å². The van der Waals surface area contributed by atoms with Crippen molar-refractivity contribution in [2.45, 2.75) is 0 Å². The second-order valence-corrected chi connectivity index (χ2v) is 6.80. The first-order valence-electron chi connectivity index (χ1n) is 6.71. The van der Waals surface area contributed by atoms with Crippen LogP contribution in [0.25, 0.3) is 0 Å². The molecule has 2 rings (SSSR count). The second kappa shape index (κ2) is 6.88. The summed E-state index contributed by atoms with van der Waals surface area (Å²) in [6.45, 7) is 3.24. The van der Waals surface area contributed by atoms with Crippen molar-refractivity contribution in [3.8, 4) is 5.75 Å². The fourth-order valence-corrected chi connectivity index (χ4v) is 2.71. The number of carbonyl (C=O) groups excluding carboxylic acids is 1. The number of carbonyl (C=O) groups is 1. The molecule has 3 N–H and O–H groups in total. The van der Waals surface area contributed by atoms with E-state index >= 15 is 0 Å². The number of ether oxygens (including phenoxy) is 1. The van der Waals surface area contributed by atoms with E-state index in [0.29, 0.717) is 10.5 Å². The number of nitrogens with one attached hydrogen (secondary N) is 1.